The number of halogens is 1. The lowest BCUT2D eigenvalue weighted by atomic mass is 10.1. The second-order valence-corrected chi connectivity index (χ2v) is 8.85. The Morgan fingerprint density at radius 1 is 1.04 bits per heavy atom. The quantitative estimate of drug-likeness (QED) is 0.600. The van der Waals surface area contributed by atoms with Crippen LogP contribution in [0.15, 0.2) is 63.0 Å². The first-order valence-corrected chi connectivity index (χ1v) is 10.2. The predicted molar refractivity (Wildman–Crippen MR) is 107 cm³/mol. The summed E-state index contributed by atoms with van der Waals surface area (Å²) in [5.41, 5.74) is 1.87. The fourth-order valence-corrected chi connectivity index (χ4v) is 4.76. The van der Waals surface area contributed by atoms with E-state index in [1.165, 1.54) is 4.88 Å². The lowest BCUT2D eigenvalue weighted by molar-refractivity contribution is 0.0600. The number of hydrogen-bond acceptors (Lipinski definition) is 4. The minimum Gasteiger partial charge on any atom is -0.459 e. The minimum absolute atomic E-state index is 0.0210. The maximum Gasteiger partial charge on any atom is 0.290 e. The van der Waals surface area contributed by atoms with Gasteiger partial charge in [-0.25, -0.2) is 0 Å². The predicted octanol–water partition coefficient (Wildman–Crippen LogP) is 4.73. The monoisotopic (exact) mass is 430 g/mol. The highest BCUT2D eigenvalue weighted by Crippen LogP contribution is 2.27. The van der Waals surface area contributed by atoms with Crippen molar-refractivity contribution < 1.29 is 9.21 Å². The summed E-state index contributed by atoms with van der Waals surface area (Å²) in [4.78, 5) is 18.6. The molecule has 4 nitrogen and oxygen atoms in total. The average molecular weight is 431 g/mol. The van der Waals surface area contributed by atoms with Gasteiger partial charge < -0.3 is 9.32 Å². The smallest absolute Gasteiger partial charge is 0.290 e. The Morgan fingerprint density at radius 2 is 1.81 bits per heavy atom. The number of amides is 1. The zero-order valence-electron chi connectivity index (χ0n) is 14.2. The second kappa shape index (κ2) is 7.78. The number of hydrogen-bond donors (Lipinski definition) is 0. The standard InChI is InChI=1S/C20H19BrN2O2S/c21-18-7-6-16(26-18)14-22-9-11-23(12-10-22)20(24)19-17(8-13-25-19)15-4-2-1-3-5-15/h1-8,13H,9-12,14H2. The van der Waals surface area contributed by atoms with E-state index in [-0.39, 0.29) is 5.91 Å². The molecular weight excluding hydrogens is 412 g/mol. The van der Waals surface area contributed by atoms with Crippen molar-refractivity contribution in [3.05, 3.63) is 69.2 Å². The van der Waals surface area contributed by atoms with Gasteiger partial charge in [-0.1, -0.05) is 30.3 Å². The minimum atomic E-state index is -0.0210. The molecule has 3 heterocycles. The van der Waals surface area contributed by atoms with Gasteiger partial charge in [-0.05, 0) is 39.7 Å². The Morgan fingerprint density at radius 3 is 2.50 bits per heavy atom. The molecule has 1 aliphatic rings. The molecule has 4 rings (SSSR count). The van der Waals surface area contributed by atoms with Crippen molar-refractivity contribution in [1.82, 2.24) is 9.80 Å². The molecule has 6 heteroatoms. The molecule has 0 bridgehead atoms. The van der Waals surface area contributed by atoms with E-state index in [0.29, 0.717) is 5.76 Å². The summed E-state index contributed by atoms with van der Waals surface area (Å²) in [6.45, 7) is 4.14. The van der Waals surface area contributed by atoms with Crippen LogP contribution < -0.4 is 0 Å². The first-order chi connectivity index (χ1) is 12.7. The van der Waals surface area contributed by atoms with Crippen molar-refractivity contribution in [1.29, 1.82) is 0 Å². The lowest BCUT2D eigenvalue weighted by Gasteiger charge is -2.34. The van der Waals surface area contributed by atoms with Gasteiger partial charge in [-0.3, -0.25) is 9.69 Å². The van der Waals surface area contributed by atoms with Gasteiger partial charge in [0.1, 0.15) is 0 Å². The maximum atomic E-state index is 12.9. The number of benzene rings is 1. The van der Waals surface area contributed by atoms with Crippen molar-refractivity contribution in [2.24, 2.45) is 0 Å². The number of thiophene rings is 1. The van der Waals surface area contributed by atoms with Crippen molar-refractivity contribution in [2.45, 2.75) is 6.54 Å². The number of nitrogens with zero attached hydrogens (tertiary/aromatic N) is 2. The van der Waals surface area contributed by atoms with E-state index in [2.05, 4.69) is 33.0 Å². The molecule has 3 aromatic rings. The van der Waals surface area contributed by atoms with E-state index >= 15 is 0 Å². The summed E-state index contributed by atoms with van der Waals surface area (Å²) >= 11 is 5.28. The summed E-state index contributed by atoms with van der Waals surface area (Å²) in [5, 5.41) is 0. The van der Waals surface area contributed by atoms with E-state index in [1.54, 1.807) is 17.6 Å². The molecule has 1 aromatic carbocycles. The van der Waals surface area contributed by atoms with Gasteiger partial charge >= 0.3 is 0 Å². The van der Waals surface area contributed by atoms with Crippen molar-refractivity contribution >= 4 is 33.2 Å². The summed E-state index contributed by atoms with van der Waals surface area (Å²) < 4.78 is 6.71. The third kappa shape index (κ3) is 3.77. The van der Waals surface area contributed by atoms with E-state index in [1.807, 2.05) is 41.3 Å². The molecule has 1 fully saturated rings. The normalized spacial score (nSPS) is 15.3. The van der Waals surface area contributed by atoms with Crippen LogP contribution >= 0.6 is 27.3 Å². The Hall–Kier alpha value is -1.89. The zero-order valence-corrected chi connectivity index (χ0v) is 16.6. The fourth-order valence-electron chi connectivity index (χ4n) is 3.23. The van der Waals surface area contributed by atoms with Gasteiger partial charge in [0.05, 0.1) is 10.0 Å². The Labute approximate surface area is 165 Å². The fraction of sp³-hybridized carbons (Fsp3) is 0.250. The van der Waals surface area contributed by atoms with Crippen LogP contribution in [0, 0.1) is 0 Å². The average Bonchev–Trinajstić information content (AvgIpc) is 3.32. The van der Waals surface area contributed by atoms with Crippen molar-refractivity contribution in [3.63, 3.8) is 0 Å². The molecule has 0 unspecified atom stereocenters. The highest BCUT2D eigenvalue weighted by molar-refractivity contribution is 9.11. The van der Waals surface area contributed by atoms with Crippen LogP contribution in [0.2, 0.25) is 0 Å². The van der Waals surface area contributed by atoms with Crippen LogP contribution in [0.1, 0.15) is 15.4 Å². The molecule has 1 amide bonds. The van der Waals surface area contributed by atoms with Gasteiger partial charge in [0, 0.05) is 43.2 Å². The molecule has 0 spiro atoms. The number of rotatable bonds is 4. The maximum absolute atomic E-state index is 12.9. The van der Waals surface area contributed by atoms with Gasteiger partial charge in [0.2, 0.25) is 0 Å². The van der Waals surface area contributed by atoms with E-state index in [4.69, 9.17) is 4.42 Å². The first-order valence-electron chi connectivity index (χ1n) is 8.59. The SMILES string of the molecule is O=C(c1occc1-c1ccccc1)N1CCN(Cc2ccc(Br)s2)CC1. The molecule has 0 saturated carbocycles. The van der Waals surface area contributed by atoms with Crippen LogP contribution in [0.25, 0.3) is 11.1 Å². The Bertz CT molecular complexity index is 882. The molecule has 0 aliphatic carbocycles. The first kappa shape index (κ1) is 17.5. The summed E-state index contributed by atoms with van der Waals surface area (Å²) in [5.74, 6) is 0.416. The van der Waals surface area contributed by atoms with Crippen molar-refractivity contribution in [2.75, 3.05) is 26.2 Å². The van der Waals surface area contributed by atoms with Crippen molar-refractivity contribution in [3.8, 4) is 11.1 Å². The van der Waals surface area contributed by atoms with Crippen LogP contribution in [0.3, 0.4) is 0 Å². The highest BCUT2D eigenvalue weighted by Gasteiger charge is 2.26. The Balaban J connectivity index is 1.41. The van der Waals surface area contributed by atoms with Gasteiger partial charge in [0.15, 0.2) is 5.76 Å². The number of piperazine rings is 1. The summed E-state index contributed by atoms with van der Waals surface area (Å²) in [6, 6.07) is 16.0. The second-order valence-electron chi connectivity index (χ2n) is 6.30. The van der Waals surface area contributed by atoms with Crippen LogP contribution in [0.4, 0.5) is 0 Å². The molecule has 2 aromatic heterocycles. The number of carbonyl (C=O) groups is 1. The van der Waals surface area contributed by atoms with Crippen LogP contribution in [-0.2, 0) is 6.54 Å². The number of furan rings is 1. The van der Waals surface area contributed by atoms with E-state index < -0.39 is 0 Å². The van der Waals surface area contributed by atoms with Gasteiger partial charge in [0.25, 0.3) is 5.91 Å². The molecule has 1 aliphatic heterocycles. The molecule has 0 atom stereocenters. The van der Waals surface area contributed by atoms with E-state index in [0.717, 1.165) is 47.6 Å². The highest BCUT2D eigenvalue weighted by atomic mass is 79.9. The molecule has 134 valence electrons. The third-order valence-corrected chi connectivity index (χ3v) is 6.22. The third-order valence-electron chi connectivity index (χ3n) is 4.61. The zero-order chi connectivity index (χ0) is 17.9. The van der Waals surface area contributed by atoms with E-state index in [9.17, 15) is 4.79 Å². The van der Waals surface area contributed by atoms with Gasteiger partial charge in [-0.2, -0.15) is 0 Å². The molecule has 1 saturated heterocycles. The topological polar surface area (TPSA) is 36.7 Å². The number of carbonyl (C=O) groups excluding carboxylic acids is 1. The summed E-state index contributed by atoms with van der Waals surface area (Å²) in [7, 11) is 0. The Kier molecular flexibility index (Phi) is 5.24. The van der Waals surface area contributed by atoms with Crippen LogP contribution in [0.5, 0.6) is 0 Å². The largest absolute Gasteiger partial charge is 0.459 e. The van der Waals surface area contributed by atoms with Crippen LogP contribution in [-0.4, -0.2) is 41.9 Å². The van der Waals surface area contributed by atoms with Gasteiger partial charge in [-0.15, -0.1) is 11.3 Å². The lowest BCUT2D eigenvalue weighted by Crippen LogP contribution is -2.48. The molecule has 0 radical (unpaired) electrons. The molecule has 26 heavy (non-hydrogen) atoms. The summed E-state index contributed by atoms with van der Waals surface area (Å²) in [6.07, 6.45) is 1.60. The molecular formula is C20H19BrN2O2S. The molecule has 0 N–H and O–H groups in total.